The number of aromatic nitrogens is 1. The summed E-state index contributed by atoms with van der Waals surface area (Å²) in [6.45, 7) is 4.88. The van der Waals surface area contributed by atoms with Gasteiger partial charge >= 0.3 is 5.97 Å². The predicted octanol–water partition coefficient (Wildman–Crippen LogP) is 2.42. The molecule has 1 N–H and O–H groups in total. The third-order valence-electron chi connectivity index (χ3n) is 2.46. The molecule has 0 saturated heterocycles. The second-order valence-electron chi connectivity index (χ2n) is 3.90. The van der Waals surface area contributed by atoms with E-state index in [4.69, 9.17) is 22.0 Å². The van der Waals surface area contributed by atoms with E-state index in [9.17, 15) is 4.79 Å². The third-order valence-corrected chi connectivity index (χ3v) is 2.74. The fourth-order valence-corrected chi connectivity index (χ4v) is 1.80. The van der Waals surface area contributed by atoms with Gasteiger partial charge in [0.2, 0.25) is 0 Å². The predicted molar refractivity (Wildman–Crippen MR) is 68.9 cm³/mol. The minimum Gasteiger partial charge on any atom is -0.478 e. The molecular weight excluding hydrogens is 254 g/mol. The van der Waals surface area contributed by atoms with Crippen molar-refractivity contribution in [2.24, 2.45) is 5.92 Å². The van der Waals surface area contributed by atoms with Gasteiger partial charge in [-0.1, -0.05) is 11.6 Å². The molecule has 1 rings (SSSR count). The van der Waals surface area contributed by atoms with Crippen molar-refractivity contribution in [3.05, 3.63) is 22.8 Å². The number of pyridine rings is 1. The molecule has 0 aliphatic heterocycles. The van der Waals surface area contributed by atoms with E-state index in [2.05, 4.69) is 11.1 Å². The number of nitrogens with zero attached hydrogens (tertiary/aromatic N) is 3. The average molecular weight is 268 g/mol. The number of carboxylic acids is 1. The molecule has 0 aliphatic carbocycles. The van der Waals surface area contributed by atoms with Crippen LogP contribution >= 0.6 is 11.6 Å². The molecule has 6 heteroatoms. The van der Waals surface area contributed by atoms with Gasteiger partial charge in [0, 0.05) is 19.3 Å². The number of hydrogen-bond donors (Lipinski definition) is 1. The van der Waals surface area contributed by atoms with Crippen LogP contribution < -0.4 is 4.90 Å². The maximum absolute atomic E-state index is 10.8. The second kappa shape index (κ2) is 6.22. The molecule has 1 atom stereocenters. The SMILES string of the molecule is CCN(CC(C)C#N)c1ncc(C(=O)O)cc1Cl. The van der Waals surface area contributed by atoms with Crippen LogP contribution in [0.3, 0.4) is 0 Å². The van der Waals surface area contributed by atoms with Crippen molar-refractivity contribution >= 4 is 23.4 Å². The highest BCUT2D eigenvalue weighted by atomic mass is 35.5. The van der Waals surface area contributed by atoms with Crippen LogP contribution in [0.25, 0.3) is 0 Å². The Morgan fingerprint density at radius 1 is 1.72 bits per heavy atom. The monoisotopic (exact) mass is 267 g/mol. The lowest BCUT2D eigenvalue weighted by molar-refractivity contribution is 0.0696. The molecule has 1 aromatic rings. The van der Waals surface area contributed by atoms with Crippen LogP contribution in [0, 0.1) is 17.2 Å². The van der Waals surface area contributed by atoms with Crippen LogP contribution in [-0.4, -0.2) is 29.1 Å². The lowest BCUT2D eigenvalue weighted by Gasteiger charge is -2.23. The molecule has 5 nitrogen and oxygen atoms in total. The first kappa shape index (κ1) is 14.3. The van der Waals surface area contributed by atoms with Gasteiger partial charge in [-0.25, -0.2) is 9.78 Å². The normalized spacial score (nSPS) is 11.7. The van der Waals surface area contributed by atoms with Gasteiger partial charge < -0.3 is 10.0 Å². The van der Waals surface area contributed by atoms with E-state index < -0.39 is 5.97 Å². The number of rotatable bonds is 5. The minimum absolute atomic E-state index is 0.0492. The van der Waals surface area contributed by atoms with Gasteiger partial charge in [-0.2, -0.15) is 5.26 Å². The van der Waals surface area contributed by atoms with Crippen LogP contribution in [0.15, 0.2) is 12.3 Å². The van der Waals surface area contributed by atoms with Crippen LogP contribution in [0.2, 0.25) is 5.02 Å². The molecule has 18 heavy (non-hydrogen) atoms. The summed E-state index contributed by atoms with van der Waals surface area (Å²) in [5.41, 5.74) is 0.0492. The Labute approximate surface area is 111 Å². The first-order chi connectivity index (χ1) is 8.49. The summed E-state index contributed by atoms with van der Waals surface area (Å²) in [5.74, 6) is -0.711. The third kappa shape index (κ3) is 3.34. The van der Waals surface area contributed by atoms with Crippen molar-refractivity contribution in [1.29, 1.82) is 5.26 Å². The Hall–Kier alpha value is -1.80. The standard InChI is InChI=1S/C12H14ClN3O2/c1-3-16(7-8(2)5-14)11-10(13)4-9(6-15-11)12(17)18/h4,6,8H,3,7H2,1-2H3,(H,17,18). The maximum Gasteiger partial charge on any atom is 0.337 e. The summed E-state index contributed by atoms with van der Waals surface area (Å²) in [5, 5.41) is 17.9. The molecule has 1 heterocycles. The number of carbonyl (C=O) groups is 1. The number of carboxylic acid groups (broad SMARTS) is 1. The Morgan fingerprint density at radius 2 is 2.39 bits per heavy atom. The number of anilines is 1. The second-order valence-corrected chi connectivity index (χ2v) is 4.31. The molecule has 0 spiro atoms. The van der Waals surface area contributed by atoms with Gasteiger partial charge in [-0.15, -0.1) is 0 Å². The van der Waals surface area contributed by atoms with Crippen molar-refractivity contribution < 1.29 is 9.90 Å². The van der Waals surface area contributed by atoms with E-state index in [1.807, 2.05) is 18.7 Å². The molecule has 0 fully saturated rings. The zero-order valence-corrected chi connectivity index (χ0v) is 11.0. The van der Waals surface area contributed by atoms with Crippen LogP contribution in [0.4, 0.5) is 5.82 Å². The largest absolute Gasteiger partial charge is 0.478 e. The zero-order chi connectivity index (χ0) is 13.7. The molecule has 0 radical (unpaired) electrons. The number of halogens is 1. The van der Waals surface area contributed by atoms with E-state index in [0.29, 0.717) is 18.9 Å². The van der Waals surface area contributed by atoms with E-state index in [1.165, 1.54) is 12.3 Å². The fraction of sp³-hybridized carbons (Fsp3) is 0.417. The first-order valence-electron chi connectivity index (χ1n) is 5.53. The smallest absolute Gasteiger partial charge is 0.337 e. The Balaban J connectivity index is 3.00. The summed E-state index contributed by atoms with van der Waals surface area (Å²) in [6.07, 6.45) is 1.27. The Morgan fingerprint density at radius 3 is 2.83 bits per heavy atom. The van der Waals surface area contributed by atoms with Gasteiger partial charge in [0.1, 0.15) is 5.82 Å². The van der Waals surface area contributed by atoms with Gasteiger partial charge in [-0.3, -0.25) is 0 Å². The van der Waals surface area contributed by atoms with Gasteiger partial charge in [0.05, 0.1) is 22.6 Å². The van der Waals surface area contributed by atoms with Crippen molar-refractivity contribution in [3.8, 4) is 6.07 Å². The van der Waals surface area contributed by atoms with Crippen LogP contribution in [-0.2, 0) is 0 Å². The quantitative estimate of drug-likeness (QED) is 0.886. The highest BCUT2D eigenvalue weighted by molar-refractivity contribution is 6.33. The van der Waals surface area contributed by atoms with Crippen molar-refractivity contribution in [2.45, 2.75) is 13.8 Å². The van der Waals surface area contributed by atoms with Crippen LogP contribution in [0.1, 0.15) is 24.2 Å². The molecule has 0 bridgehead atoms. The molecule has 1 aromatic heterocycles. The lowest BCUT2D eigenvalue weighted by Crippen LogP contribution is -2.29. The molecular formula is C12H14ClN3O2. The molecule has 0 saturated carbocycles. The summed E-state index contributed by atoms with van der Waals surface area (Å²) < 4.78 is 0. The summed E-state index contributed by atoms with van der Waals surface area (Å²) in [7, 11) is 0. The van der Waals surface area contributed by atoms with E-state index >= 15 is 0 Å². The molecule has 0 aromatic carbocycles. The summed E-state index contributed by atoms with van der Waals surface area (Å²) >= 11 is 6.02. The van der Waals surface area contributed by atoms with Gasteiger partial charge in [0.15, 0.2) is 0 Å². The topological polar surface area (TPSA) is 77.2 Å². The molecule has 0 amide bonds. The Kier molecular flexibility index (Phi) is 4.93. The first-order valence-corrected chi connectivity index (χ1v) is 5.90. The van der Waals surface area contributed by atoms with Crippen molar-refractivity contribution in [2.75, 3.05) is 18.0 Å². The van der Waals surface area contributed by atoms with Crippen LogP contribution in [0.5, 0.6) is 0 Å². The fourth-order valence-electron chi connectivity index (χ4n) is 1.52. The van der Waals surface area contributed by atoms with Gasteiger partial charge in [-0.05, 0) is 19.9 Å². The Bertz CT molecular complexity index is 485. The molecule has 1 unspecified atom stereocenters. The zero-order valence-electron chi connectivity index (χ0n) is 10.2. The minimum atomic E-state index is -1.07. The van der Waals surface area contributed by atoms with Gasteiger partial charge in [0.25, 0.3) is 0 Å². The number of nitriles is 1. The number of aromatic carboxylic acids is 1. The highest BCUT2D eigenvalue weighted by Gasteiger charge is 2.15. The summed E-state index contributed by atoms with van der Waals surface area (Å²) in [4.78, 5) is 16.7. The van der Waals surface area contributed by atoms with E-state index in [-0.39, 0.29) is 16.5 Å². The highest BCUT2D eigenvalue weighted by Crippen LogP contribution is 2.24. The lowest BCUT2D eigenvalue weighted by atomic mass is 10.2. The van der Waals surface area contributed by atoms with E-state index in [0.717, 1.165) is 0 Å². The van der Waals surface area contributed by atoms with Crippen molar-refractivity contribution in [1.82, 2.24) is 4.98 Å². The molecule has 96 valence electrons. The number of hydrogen-bond acceptors (Lipinski definition) is 4. The van der Waals surface area contributed by atoms with Crippen molar-refractivity contribution in [3.63, 3.8) is 0 Å². The molecule has 0 aliphatic rings. The maximum atomic E-state index is 10.8. The summed E-state index contributed by atoms with van der Waals surface area (Å²) in [6, 6.07) is 3.51. The average Bonchev–Trinajstić information content (AvgIpc) is 2.35. The van der Waals surface area contributed by atoms with E-state index in [1.54, 1.807) is 0 Å².